The van der Waals surface area contributed by atoms with Crippen LogP contribution in [0.3, 0.4) is 0 Å². The van der Waals surface area contributed by atoms with Crippen molar-refractivity contribution in [1.29, 1.82) is 0 Å². The number of rotatable bonds is 14. The van der Waals surface area contributed by atoms with Crippen molar-refractivity contribution in [3.8, 4) is 0 Å². The van der Waals surface area contributed by atoms with Crippen LogP contribution in [0.5, 0.6) is 0 Å². The number of allylic oxidation sites excluding steroid dienone is 6. The van der Waals surface area contributed by atoms with Gasteiger partial charge in [-0.3, -0.25) is 0 Å². The number of hydrogen-bond donors (Lipinski definition) is 3. The zero-order valence-electron chi connectivity index (χ0n) is 17.1. The Kier molecular flexibility index (Phi) is 13.9. The fraction of sp³-hybridized carbons (Fsp3) is 0.650. The summed E-state index contributed by atoms with van der Waals surface area (Å²) in [6.07, 6.45) is 13.3. The highest BCUT2D eigenvalue weighted by Crippen LogP contribution is 2.60. The standard InChI is InChI=1S/C20H36O5P2/c1-17(2)10-8-12-19(4)14-9-13-18(3)11-6-5-7-15-20(26(22)16-21)27(23,24)25/h10-11,14,16,20,23-25H,5-9,12-13,15H2,1-4H3/q+2. The molecule has 0 rings (SSSR count). The maximum absolute atomic E-state index is 11.5. The Balaban J connectivity index is 4.13. The van der Waals surface area contributed by atoms with Crippen LogP contribution in [0.1, 0.15) is 79.1 Å². The lowest BCUT2D eigenvalue weighted by Crippen LogP contribution is -2.09. The van der Waals surface area contributed by atoms with Crippen LogP contribution in [0.15, 0.2) is 34.9 Å². The molecule has 0 aromatic heterocycles. The fourth-order valence-electron chi connectivity index (χ4n) is 2.68. The molecule has 2 atom stereocenters. The van der Waals surface area contributed by atoms with E-state index >= 15 is 0 Å². The third-order valence-electron chi connectivity index (χ3n) is 4.33. The molecule has 3 N–H and O–H groups in total. The summed E-state index contributed by atoms with van der Waals surface area (Å²) >= 11 is 0. The van der Waals surface area contributed by atoms with Gasteiger partial charge in [-0.05, 0) is 72.6 Å². The molecule has 0 heterocycles. The number of carbonyl (C=O) groups excluding carboxylic acids is 1. The van der Waals surface area contributed by atoms with Gasteiger partial charge in [0.15, 0.2) is 0 Å². The van der Waals surface area contributed by atoms with Gasteiger partial charge >= 0.3 is 27.2 Å². The third kappa shape index (κ3) is 14.0. The van der Waals surface area contributed by atoms with Crippen molar-refractivity contribution in [1.82, 2.24) is 0 Å². The van der Waals surface area contributed by atoms with Crippen molar-refractivity contribution in [2.24, 2.45) is 0 Å². The summed E-state index contributed by atoms with van der Waals surface area (Å²) in [5.41, 5.74) is 4.09. The van der Waals surface area contributed by atoms with Crippen LogP contribution in [-0.2, 0) is 9.36 Å². The Bertz CT molecular complexity index is 555. The Morgan fingerprint density at radius 1 is 0.889 bits per heavy atom. The first-order valence-electron chi connectivity index (χ1n) is 9.50. The lowest BCUT2D eigenvalue weighted by molar-refractivity contribution is 0.323. The van der Waals surface area contributed by atoms with E-state index < -0.39 is 21.1 Å². The van der Waals surface area contributed by atoms with E-state index in [1.165, 1.54) is 16.7 Å². The maximum Gasteiger partial charge on any atom is 0.462 e. The van der Waals surface area contributed by atoms with E-state index in [0.29, 0.717) is 6.42 Å². The van der Waals surface area contributed by atoms with Gasteiger partial charge in [0.1, 0.15) is 0 Å². The molecule has 0 aliphatic carbocycles. The zero-order valence-corrected chi connectivity index (χ0v) is 18.9. The van der Waals surface area contributed by atoms with Crippen LogP contribution < -0.4 is 0 Å². The lowest BCUT2D eigenvalue weighted by Gasteiger charge is -2.07. The highest BCUT2D eigenvalue weighted by Gasteiger charge is 2.56. The van der Waals surface area contributed by atoms with E-state index in [-0.39, 0.29) is 12.4 Å². The van der Waals surface area contributed by atoms with Crippen LogP contribution >= 0.6 is 15.7 Å². The molecule has 0 saturated heterocycles. The monoisotopic (exact) mass is 418 g/mol. The molecule has 0 amide bonds. The van der Waals surface area contributed by atoms with E-state index in [1.807, 2.05) is 0 Å². The van der Waals surface area contributed by atoms with E-state index in [2.05, 4.69) is 45.9 Å². The molecular formula is C20H36O5P2+2. The smallest absolute Gasteiger partial charge is 0.244 e. The van der Waals surface area contributed by atoms with Crippen molar-refractivity contribution in [3.63, 3.8) is 0 Å². The molecule has 154 valence electrons. The van der Waals surface area contributed by atoms with Gasteiger partial charge in [-0.1, -0.05) is 39.5 Å². The minimum Gasteiger partial charge on any atom is -0.244 e. The van der Waals surface area contributed by atoms with Gasteiger partial charge < -0.3 is 0 Å². The number of hydrogen-bond acceptors (Lipinski definition) is 5. The van der Waals surface area contributed by atoms with Crippen LogP contribution in [0, 0.1) is 0 Å². The van der Waals surface area contributed by atoms with Crippen LogP contribution in [0.25, 0.3) is 0 Å². The van der Waals surface area contributed by atoms with E-state index in [9.17, 15) is 24.0 Å². The second kappa shape index (κ2) is 14.3. The summed E-state index contributed by atoms with van der Waals surface area (Å²) in [5, 5.41) is -1.23. The second-order valence-electron chi connectivity index (χ2n) is 7.30. The van der Waals surface area contributed by atoms with E-state index in [1.54, 1.807) is 0 Å². The topological polar surface area (TPSA) is 94.8 Å². The molecule has 0 fully saturated rings. The second-order valence-corrected chi connectivity index (χ2v) is 11.1. The molecule has 0 saturated carbocycles. The van der Waals surface area contributed by atoms with E-state index in [0.717, 1.165) is 38.5 Å². The normalized spacial score (nSPS) is 14.7. The molecule has 0 aromatic rings. The predicted octanol–water partition coefficient (Wildman–Crippen LogP) is 6.05. The van der Waals surface area contributed by atoms with Crippen molar-refractivity contribution in [2.45, 2.75) is 84.5 Å². The summed E-state index contributed by atoms with van der Waals surface area (Å²) in [6.45, 7) is 8.50. The Morgan fingerprint density at radius 3 is 1.89 bits per heavy atom. The van der Waals surface area contributed by atoms with Crippen molar-refractivity contribution < 1.29 is 24.0 Å². The van der Waals surface area contributed by atoms with Gasteiger partial charge in [0, 0.05) is 6.42 Å². The molecule has 0 radical (unpaired) electrons. The first-order valence-corrected chi connectivity index (χ1v) is 12.6. The van der Waals surface area contributed by atoms with Crippen LogP contribution in [0.2, 0.25) is 0 Å². The van der Waals surface area contributed by atoms with Gasteiger partial charge in [-0.15, -0.1) is 0 Å². The molecule has 0 spiro atoms. The largest absolute Gasteiger partial charge is 0.462 e. The Labute approximate surface area is 165 Å². The van der Waals surface area contributed by atoms with Gasteiger partial charge in [-0.25, -0.2) is 4.79 Å². The summed E-state index contributed by atoms with van der Waals surface area (Å²) in [4.78, 5) is 38.5. The highest BCUT2D eigenvalue weighted by atomic mass is 31.2. The van der Waals surface area contributed by atoms with Crippen LogP contribution in [0.4, 0.5) is 0 Å². The van der Waals surface area contributed by atoms with Gasteiger partial charge in [-0.2, -0.15) is 14.7 Å². The Hall–Kier alpha value is -0.700. The van der Waals surface area contributed by atoms with Crippen molar-refractivity contribution >= 4 is 21.8 Å². The zero-order chi connectivity index (χ0) is 20.9. The van der Waals surface area contributed by atoms with Crippen molar-refractivity contribution in [3.05, 3.63) is 34.9 Å². The predicted molar refractivity (Wildman–Crippen MR) is 116 cm³/mol. The highest BCUT2D eigenvalue weighted by molar-refractivity contribution is 7.77. The van der Waals surface area contributed by atoms with Gasteiger partial charge in [0.2, 0.25) is 0 Å². The lowest BCUT2D eigenvalue weighted by atomic mass is 10.1. The molecule has 0 aliphatic rings. The quantitative estimate of drug-likeness (QED) is 0.138. The SMILES string of the molecule is CC(C)=CCCC(C)=CCCC(C)=CCCCCC([P+](=O)C=O)[P+](O)(O)O. The van der Waals surface area contributed by atoms with Gasteiger partial charge in [0.25, 0.3) is 0 Å². The first-order chi connectivity index (χ1) is 12.6. The first kappa shape index (κ1) is 26.3. The summed E-state index contributed by atoms with van der Waals surface area (Å²) < 4.78 is 11.5. The number of carbonyl (C=O) groups is 1. The maximum atomic E-state index is 11.5. The molecule has 0 aliphatic heterocycles. The molecule has 2 unspecified atom stereocenters. The summed E-state index contributed by atoms with van der Waals surface area (Å²) in [5.74, 6) is 0. The van der Waals surface area contributed by atoms with Crippen LogP contribution in [-0.4, -0.2) is 26.1 Å². The number of unbranched alkanes of at least 4 members (excludes halogenated alkanes) is 2. The Morgan fingerprint density at radius 2 is 1.41 bits per heavy atom. The molecule has 0 aromatic carbocycles. The minimum atomic E-state index is -4.24. The molecule has 5 nitrogen and oxygen atoms in total. The average molecular weight is 418 g/mol. The van der Waals surface area contributed by atoms with E-state index in [4.69, 9.17) is 0 Å². The summed E-state index contributed by atoms with van der Waals surface area (Å²) in [6, 6.07) is 0.191. The average Bonchev–Trinajstić information content (AvgIpc) is 2.55. The summed E-state index contributed by atoms with van der Waals surface area (Å²) in [7, 11) is -6.69. The minimum absolute atomic E-state index is 0.172. The van der Waals surface area contributed by atoms with Crippen molar-refractivity contribution in [2.75, 3.05) is 0 Å². The molecule has 0 bridgehead atoms. The third-order valence-corrected chi connectivity index (χ3v) is 8.05. The molecule has 27 heavy (non-hydrogen) atoms. The van der Waals surface area contributed by atoms with Gasteiger partial charge in [0.05, 0.1) is 0 Å². The molecular weight excluding hydrogens is 382 g/mol. The molecule has 7 heteroatoms. The fourth-order valence-corrected chi connectivity index (χ4v) is 5.17.